The van der Waals surface area contributed by atoms with Crippen molar-refractivity contribution in [3.05, 3.63) is 29.3 Å². The van der Waals surface area contributed by atoms with Gasteiger partial charge >= 0.3 is 0 Å². The first kappa shape index (κ1) is 13.1. The first-order chi connectivity index (χ1) is 7.34. The maximum atomic E-state index is 5.79. The third-order valence-corrected chi connectivity index (χ3v) is 2.57. The smallest absolute Gasteiger partial charge is 0.115 e. The molecular weight excluding hydrogens is 245 g/mol. The molecule has 0 bridgehead atoms. The second kappa shape index (κ2) is 6.61. The molecule has 1 heterocycles. The van der Waals surface area contributed by atoms with E-state index in [0.717, 1.165) is 29.5 Å². The van der Waals surface area contributed by atoms with Crippen LogP contribution in [-0.2, 0) is 0 Å². The van der Waals surface area contributed by atoms with E-state index in [9.17, 15) is 0 Å². The molecule has 0 aromatic heterocycles. The zero-order valence-corrected chi connectivity index (χ0v) is 10.4. The van der Waals surface area contributed by atoms with Gasteiger partial charge in [0.05, 0.1) is 5.69 Å². The predicted octanol–water partition coefficient (Wildman–Crippen LogP) is 3.26. The van der Waals surface area contributed by atoms with Crippen LogP contribution in [0.15, 0.2) is 29.3 Å². The van der Waals surface area contributed by atoms with Crippen LogP contribution in [0.25, 0.3) is 0 Å². The fraction of sp³-hybridized carbons (Fsp3) is 0.364. The van der Waals surface area contributed by atoms with E-state index < -0.39 is 0 Å². The zero-order chi connectivity index (χ0) is 10.5. The maximum absolute atomic E-state index is 5.79. The fourth-order valence-electron chi connectivity index (χ4n) is 1.48. The van der Waals surface area contributed by atoms with Gasteiger partial charge in [-0.05, 0) is 37.1 Å². The van der Waals surface area contributed by atoms with E-state index in [1.807, 2.05) is 24.3 Å². The highest BCUT2D eigenvalue weighted by molar-refractivity contribution is 6.30. The van der Waals surface area contributed by atoms with Gasteiger partial charge in [0.1, 0.15) is 5.84 Å². The Bertz CT molecular complexity index is 349. The van der Waals surface area contributed by atoms with E-state index in [-0.39, 0.29) is 12.4 Å². The van der Waals surface area contributed by atoms with Gasteiger partial charge in [0.2, 0.25) is 0 Å². The van der Waals surface area contributed by atoms with Crippen LogP contribution in [-0.4, -0.2) is 12.4 Å². The van der Waals surface area contributed by atoms with E-state index in [0.29, 0.717) is 0 Å². The number of benzene rings is 1. The Morgan fingerprint density at radius 3 is 2.44 bits per heavy atom. The summed E-state index contributed by atoms with van der Waals surface area (Å²) in [5.41, 5.74) is 7.21. The van der Waals surface area contributed by atoms with Crippen molar-refractivity contribution in [3.63, 3.8) is 0 Å². The Morgan fingerprint density at radius 1 is 1.06 bits per heavy atom. The van der Waals surface area contributed by atoms with Crippen molar-refractivity contribution in [2.24, 2.45) is 4.99 Å². The molecule has 88 valence electrons. The summed E-state index contributed by atoms with van der Waals surface area (Å²) in [7, 11) is 0. The van der Waals surface area contributed by atoms with Crippen molar-refractivity contribution in [1.82, 2.24) is 5.43 Å². The van der Waals surface area contributed by atoms with Crippen molar-refractivity contribution >= 4 is 35.5 Å². The van der Waals surface area contributed by atoms with E-state index in [2.05, 4.69) is 15.8 Å². The van der Waals surface area contributed by atoms with E-state index in [4.69, 9.17) is 11.6 Å². The standard InChI is InChI=1S/C11H14ClN3.ClH/c12-9-4-6-10(7-5-9)14-15-11-3-1-2-8-13-11;/h4-7,14H,1-3,8H2,(H,13,15);1H. The molecule has 1 aromatic rings. The summed E-state index contributed by atoms with van der Waals surface area (Å²) in [6.45, 7) is 0.935. The Kier molecular flexibility index (Phi) is 5.43. The van der Waals surface area contributed by atoms with Crippen molar-refractivity contribution in [2.75, 3.05) is 12.0 Å². The highest BCUT2D eigenvalue weighted by Gasteiger charge is 2.03. The molecule has 1 aliphatic heterocycles. The number of halogens is 2. The topological polar surface area (TPSA) is 36.4 Å². The molecule has 5 heteroatoms. The molecule has 0 atom stereocenters. The molecule has 0 aliphatic carbocycles. The molecular formula is C11H15Cl2N3. The van der Waals surface area contributed by atoms with E-state index in [1.54, 1.807) is 0 Å². The lowest BCUT2D eigenvalue weighted by Crippen LogP contribution is -2.31. The summed E-state index contributed by atoms with van der Waals surface area (Å²) >= 11 is 5.79. The summed E-state index contributed by atoms with van der Waals surface area (Å²) in [4.78, 5) is 4.38. The average molecular weight is 260 g/mol. The van der Waals surface area contributed by atoms with Gasteiger partial charge in [-0.25, -0.2) is 0 Å². The number of nitrogens with one attached hydrogen (secondary N) is 2. The third kappa shape index (κ3) is 3.91. The molecule has 1 aliphatic rings. The Labute approximate surface area is 107 Å². The molecule has 3 nitrogen and oxygen atoms in total. The number of hydrogen-bond acceptors (Lipinski definition) is 3. The summed E-state index contributed by atoms with van der Waals surface area (Å²) in [6, 6.07) is 7.57. The molecule has 2 rings (SSSR count). The van der Waals surface area contributed by atoms with Crippen molar-refractivity contribution in [2.45, 2.75) is 19.3 Å². The van der Waals surface area contributed by atoms with E-state index >= 15 is 0 Å². The van der Waals surface area contributed by atoms with Crippen molar-refractivity contribution in [1.29, 1.82) is 0 Å². The molecule has 0 radical (unpaired) electrons. The van der Waals surface area contributed by atoms with Gasteiger partial charge in [0.15, 0.2) is 0 Å². The van der Waals surface area contributed by atoms with Crippen LogP contribution in [0.3, 0.4) is 0 Å². The number of anilines is 1. The summed E-state index contributed by atoms with van der Waals surface area (Å²) in [5.74, 6) is 1.04. The minimum absolute atomic E-state index is 0. The molecule has 0 saturated heterocycles. The Balaban J connectivity index is 0.00000128. The van der Waals surface area contributed by atoms with Crippen LogP contribution < -0.4 is 10.9 Å². The van der Waals surface area contributed by atoms with Gasteiger partial charge in [-0.1, -0.05) is 11.6 Å². The third-order valence-electron chi connectivity index (χ3n) is 2.32. The molecule has 0 spiro atoms. The lowest BCUT2D eigenvalue weighted by Gasteiger charge is -2.15. The van der Waals surface area contributed by atoms with Gasteiger partial charge in [-0.3, -0.25) is 15.8 Å². The van der Waals surface area contributed by atoms with Gasteiger partial charge in [0.25, 0.3) is 0 Å². The minimum Gasteiger partial charge on any atom is -0.300 e. The first-order valence-electron chi connectivity index (χ1n) is 5.15. The summed E-state index contributed by atoms with van der Waals surface area (Å²) in [6.07, 6.45) is 3.45. The lowest BCUT2D eigenvalue weighted by atomic mass is 10.2. The van der Waals surface area contributed by atoms with Crippen LogP contribution >= 0.6 is 24.0 Å². The number of amidine groups is 1. The Morgan fingerprint density at radius 2 is 1.81 bits per heavy atom. The number of hydrazine groups is 1. The number of rotatable bonds is 2. The number of aliphatic imine (C=N–C) groups is 1. The second-order valence-electron chi connectivity index (χ2n) is 3.54. The minimum atomic E-state index is 0. The Hall–Kier alpha value is -0.930. The van der Waals surface area contributed by atoms with Crippen LogP contribution in [0.1, 0.15) is 19.3 Å². The average Bonchev–Trinajstić information content (AvgIpc) is 2.30. The van der Waals surface area contributed by atoms with Crippen LogP contribution in [0.2, 0.25) is 5.02 Å². The van der Waals surface area contributed by atoms with Crippen LogP contribution in [0.4, 0.5) is 5.69 Å². The molecule has 0 saturated carbocycles. The molecule has 0 amide bonds. The quantitative estimate of drug-likeness (QED) is 0.801. The fourth-order valence-corrected chi connectivity index (χ4v) is 1.60. The van der Waals surface area contributed by atoms with Crippen LogP contribution in [0, 0.1) is 0 Å². The molecule has 2 N–H and O–H groups in total. The maximum Gasteiger partial charge on any atom is 0.115 e. The highest BCUT2D eigenvalue weighted by atomic mass is 35.5. The summed E-state index contributed by atoms with van der Waals surface area (Å²) < 4.78 is 0. The SMILES string of the molecule is Cl.Clc1ccc(NNC2=NCCCC2)cc1. The predicted molar refractivity (Wildman–Crippen MR) is 71.6 cm³/mol. The molecule has 0 unspecified atom stereocenters. The highest BCUT2D eigenvalue weighted by Crippen LogP contribution is 2.12. The summed E-state index contributed by atoms with van der Waals surface area (Å²) in [5, 5.41) is 0.746. The van der Waals surface area contributed by atoms with E-state index in [1.165, 1.54) is 12.8 Å². The molecule has 16 heavy (non-hydrogen) atoms. The molecule has 0 fully saturated rings. The largest absolute Gasteiger partial charge is 0.300 e. The molecule has 1 aromatic carbocycles. The normalized spacial score (nSPS) is 14.7. The van der Waals surface area contributed by atoms with Gasteiger partial charge in [0, 0.05) is 18.0 Å². The second-order valence-corrected chi connectivity index (χ2v) is 3.98. The first-order valence-corrected chi connectivity index (χ1v) is 5.53. The number of nitrogens with zero attached hydrogens (tertiary/aromatic N) is 1. The van der Waals surface area contributed by atoms with Crippen molar-refractivity contribution in [3.8, 4) is 0 Å². The van der Waals surface area contributed by atoms with Gasteiger partial charge in [-0.2, -0.15) is 0 Å². The monoisotopic (exact) mass is 259 g/mol. The van der Waals surface area contributed by atoms with Crippen molar-refractivity contribution < 1.29 is 0 Å². The van der Waals surface area contributed by atoms with Gasteiger partial charge < -0.3 is 0 Å². The van der Waals surface area contributed by atoms with Gasteiger partial charge in [-0.15, -0.1) is 12.4 Å². The van der Waals surface area contributed by atoms with Crippen LogP contribution in [0.5, 0.6) is 0 Å². The zero-order valence-electron chi connectivity index (χ0n) is 8.87. The number of hydrogen-bond donors (Lipinski definition) is 2. The lowest BCUT2D eigenvalue weighted by molar-refractivity contribution is 0.720.